The third-order valence-corrected chi connectivity index (χ3v) is 2.66. The summed E-state index contributed by atoms with van der Waals surface area (Å²) in [6, 6.07) is 10.1. The largest absolute Gasteiger partial charge is 0.377 e. The molecule has 4 heteroatoms. The lowest BCUT2D eigenvalue weighted by molar-refractivity contribution is 0.629. The Kier molecular flexibility index (Phi) is 3.54. The highest BCUT2D eigenvalue weighted by Crippen LogP contribution is 2.16. The molecular formula is C14H12FN3. The van der Waals surface area contributed by atoms with Crippen LogP contribution in [-0.2, 0) is 6.54 Å². The van der Waals surface area contributed by atoms with Crippen LogP contribution in [0.3, 0.4) is 0 Å². The van der Waals surface area contributed by atoms with E-state index >= 15 is 0 Å². The van der Waals surface area contributed by atoms with Crippen LogP contribution in [0, 0.1) is 24.1 Å². The molecule has 2 aromatic rings. The second-order valence-corrected chi connectivity index (χ2v) is 3.93. The Morgan fingerprint density at radius 1 is 1.39 bits per heavy atom. The van der Waals surface area contributed by atoms with E-state index in [1.165, 1.54) is 6.07 Å². The van der Waals surface area contributed by atoms with E-state index < -0.39 is 5.82 Å². The van der Waals surface area contributed by atoms with Gasteiger partial charge in [-0.15, -0.1) is 0 Å². The number of nitrogens with one attached hydrogen (secondary N) is 1. The van der Waals surface area contributed by atoms with Crippen LogP contribution in [0.15, 0.2) is 36.5 Å². The fraction of sp³-hybridized carbons (Fsp3) is 0.143. The van der Waals surface area contributed by atoms with Gasteiger partial charge in [0.1, 0.15) is 5.82 Å². The number of anilines is 1. The fourth-order valence-corrected chi connectivity index (χ4v) is 1.61. The Labute approximate surface area is 105 Å². The molecule has 0 aliphatic rings. The van der Waals surface area contributed by atoms with Crippen LogP contribution < -0.4 is 5.32 Å². The summed E-state index contributed by atoms with van der Waals surface area (Å²) in [5, 5.41) is 11.6. The molecule has 0 radical (unpaired) electrons. The number of benzene rings is 1. The highest BCUT2D eigenvalue weighted by molar-refractivity contribution is 5.49. The van der Waals surface area contributed by atoms with Gasteiger partial charge < -0.3 is 5.32 Å². The smallest absolute Gasteiger partial charge is 0.147 e. The zero-order valence-corrected chi connectivity index (χ0v) is 9.94. The molecule has 0 bridgehead atoms. The number of nitriles is 1. The molecule has 1 aromatic carbocycles. The lowest BCUT2D eigenvalue weighted by Crippen LogP contribution is -2.05. The van der Waals surface area contributed by atoms with Gasteiger partial charge in [-0.1, -0.05) is 6.07 Å². The molecule has 0 amide bonds. The Morgan fingerprint density at radius 2 is 2.22 bits per heavy atom. The molecule has 0 unspecified atom stereocenters. The monoisotopic (exact) mass is 241 g/mol. The molecule has 0 spiro atoms. The Balaban J connectivity index is 2.12. The SMILES string of the molecule is Cc1cccnc1CNc1ccc(C#N)cc1F. The minimum atomic E-state index is -0.428. The standard InChI is InChI=1S/C14H12FN3/c1-10-3-2-6-17-14(10)9-18-13-5-4-11(8-16)7-12(13)15/h2-7,18H,9H2,1H3. The predicted octanol–water partition coefficient (Wildman–Crippen LogP) is 3.01. The van der Waals surface area contributed by atoms with E-state index in [-0.39, 0.29) is 0 Å². The molecule has 18 heavy (non-hydrogen) atoms. The van der Waals surface area contributed by atoms with E-state index in [4.69, 9.17) is 5.26 Å². The van der Waals surface area contributed by atoms with Crippen LogP contribution in [0.5, 0.6) is 0 Å². The Bertz CT molecular complexity index is 602. The number of nitrogens with zero attached hydrogens (tertiary/aromatic N) is 2. The summed E-state index contributed by atoms with van der Waals surface area (Å²) in [6.45, 7) is 2.41. The summed E-state index contributed by atoms with van der Waals surface area (Å²) < 4.78 is 13.6. The van der Waals surface area contributed by atoms with Gasteiger partial charge in [-0.25, -0.2) is 4.39 Å². The van der Waals surface area contributed by atoms with Gasteiger partial charge in [-0.2, -0.15) is 5.26 Å². The maximum absolute atomic E-state index is 13.6. The third kappa shape index (κ3) is 2.64. The van der Waals surface area contributed by atoms with Gasteiger partial charge >= 0.3 is 0 Å². The van der Waals surface area contributed by atoms with Crippen LogP contribution in [0.1, 0.15) is 16.8 Å². The zero-order chi connectivity index (χ0) is 13.0. The molecule has 90 valence electrons. The van der Waals surface area contributed by atoms with E-state index in [1.807, 2.05) is 25.1 Å². The van der Waals surface area contributed by atoms with Gasteiger partial charge in [0.2, 0.25) is 0 Å². The van der Waals surface area contributed by atoms with Crippen molar-refractivity contribution in [3.05, 3.63) is 59.2 Å². The summed E-state index contributed by atoms with van der Waals surface area (Å²) in [7, 11) is 0. The molecule has 0 fully saturated rings. The number of pyridine rings is 1. The number of halogens is 1. The maximum atomic E-state index is 13.6. The molecule has 0 saturated heterocycles. The second-order valence-electron chi connectivity index (χ2n) is 3.93. The molecule has 2 rings (SSSR count). The van der Waals surface area contributed by atoms with Gasteiger partial charge in [0.05, 0.1) is 29.6 Å². The number of rotatable bonds is 3. The minimum Gasteiger partial charge on any atom is -0.377 e. The number of aromatic nitrogens is 1. The predicted molar refractivity (Wildman–Crippen MR) is 67.4 cm³/mol. The van der Waals surface area contributed by atoms with Crippen LogP contribution in [0.25, 0.3) is 0 Å². The topological polar surface area (TPSA) is 48.7 Å². The van der Waals surface area contributed by atoms with E-state index in [1.54, 1.807) is 18.3 Å². The first-order chi connectivity index (χ1) is 8.70. The Hall–Kier alpha value is -2.41. The van der Waals surface area contributed by atoms with Crippen LogP contribution in [0.4, 0.5) is 10.1 Å². The lowest BCUT2D eigenvalue weighted by Gasteiger charge is -2.08. The number of aryl methyl sites for hydroxylation is 1. The Morgan fingerprint density at radius 3 is 2.89 bits per heavy atom. The average Bonchev–Trinajstić information content (AvgIpc) is 2.39. The van der Waals surface area contributed by atoms with E-state index in [0.717, 1.165) is 11.3 Å². The first-order valence-electron chi connectivity index (χ1n) is 5.54. The molecule has 3 nitrogen and oxygen atoms in total. The normalized spacial score (nSPS) is 9.83. The van der Waals surface area contributed by atoms with Gasteiger partial charge in [0.25, 0.3) is 0 Å². The van der Waals surface area contributed by atoms with Crippen molar-refractivity contribution in [1.82, 2.24) is 4.98 Å². The van der Waals surface area contributed by atoms with Crippen molar-refractivity contribution in [2.24, 2.45) is 0 Å². The van der Waals surface area contributed by atoms with Crippen molar-refractivity contribution >= 4 is 5.69 Å². The van der Waals surface area contributed by atoms with Gasteiger partial charge in [-0.05, 0) is 36.8 Å². The fourth-order valence-electron chi connectivity index (χ4n) is 1.61. The summed E-state index contributed by atoms with van der Waals surface area (Å²) in [5.41, 5.74) is 2.62. The summed E-state index contributed by atoms with van der Waals surface area (Å²) in [5.74, 6) is -0.428. The van der Waals surface area contributed by atoms with Crippen molar-refractivity contribution in [3.63, 3.8) is 0 Å². The van der Waals surface area contributed by atoms with Crippen molar-refractivity contribution in [1.29, 1.82) is 5.26 Å². The van der Waals surface area contributed by atoms with E-state index in [9.17, 15) is 4.39 Å². The highest BCUT2D eigenvalue weighted by Gasteiger charge is 2.04. The quantitative estimate of drug-likeness (QED) is 0.898. The summed E-state index contributed by atoms with van der Waals surface area (Å²) in [4.78, 5) is 4.22. The number of hydrogen-bond donors (Lipinski definition) is 1. The molecule has 0 aliphatic carbocycles. The first kappa shape index (κ1) is 12.1. The third-order valence-electron chi connectivity index (χ3n) is 2.66. The van der Waals surface area contributed by atoms with Crippen molar-refractivity contribution < 1.29 is 4.39 Å². The van der Waals surface area contributed by atoms with Crippen LogP contribution in [-0.4, -0.2) is 4.98 Å². The van der Waals surface area contributed by atoms with Crippen molar-refractivity contribution in [2.45, 2.75) is 13.5 Å². The average molecular weight is 241 g/mol. The number of hydrogen-bond acceptors (Lipinski definition) is 3. The zero-order valence-electron chi connectivity index (χ0n) is 9.94. The van der Waals surface area contributed by atoms with Crippen LogP contribution in [0.2, 0.25) is 0 Å². The second kappa shape index (κ2) is 5.28. The molecule has 1 N–H and O–H groups in total. The molecule has 0 saturated carbocycles. The summed E-state index contributed by atoms with van der Waals surface area (Å²) in [6.07, 6.45) is 1.71. The van der Waals surface area contributed by atoms with E-state index in [2.05, 4.69) is 10.3 Å². The van der Waals surface area contributed by atoms with Crippen molar-refractivity contribution in [2.75, 3.05) is 5.32 Å². The van der Waals surface area contributed by atoms with Gasteiger partial charge in [-0.3, -0.25) is 4.98 Å². The molecular weight excluding hydrogens is 229 g/mol. The molecule has 0 atom stereocenters. The van der Waals surface area contributed by atoms with E-state index in [0.29, 0.717) is 17.8 Å². The van der Waals surface area contributed by atoms with Crippen LogP contribution >= 0.6 is 0 Å². The lowest BCUT2D eigenvalue weighted by atomic mass is 10.2. The summed E-state index contributed by atoms with van der Waals surface area (Å²) >= 11 is 0. The molecule has 1 heterocycles. The van der Waals surface area contributed by atoms with Crippen molar-refractivity contribution in [3.8, 4) is 6.07 Å². The molecule has 1 aromatic heterocycles. The van der Waals surface area contributed by atoms with Gasteiger partial charge in [0.15, 0.2) is 0 Å². The molecule has 0 aliphatic heterocycles. The highest BCUT2D eigenvalue weighted by atomic mass is 19.1. The minimum absolute atomic E-state index is 0.312. The first-order valence-corrected chi connectivity index (χ1v) is 5.54. The van der Waals surface area contributed by atoms with Gasteiger partial charge in [0, 0.05) is 6.20 Å². The maximum Gasteiger partial charge on any atom is 0.147 e.